The molecule has 0 amide bonds. The summed E-state index contributed by atoms with van der Waals surface area (Å²) in [4.78, 5) is 32.9. The minimum Gasteiger partial charge on any atom is -0.367 e. The number of nitrogens with one attached hydrogen (secondary N) is 2. The van der Waals surface area contributed by atoms with Crippen LogP contribution in [0.2, 0.25) is 0 Å². The zero-order valence-corrected chi connectivity index (χ0v) is 13.3. The number of likely N-dealkylation sites (N-methyl/N-ethyl adjacent to an activating group) is 1. The highest BCUT2D eigenvalue weighted by molar-refractivity contribution is 5.80. The molecule has 0 radical (unpaired) electrons. The number of hydrazone groups is 1. The zero-order chi connectivity index (χ0) is 17.8. The van der Waals surface area contributed by atoms with Gasteiger partial charge in [0, 0.05) is 6.61 Å². The van der Waals surface area contributed by atoms with Gasteiger partial charge in [-0.2, -0.15) is 0 Å². The van der Waals surface area contributed by atoms with Crippen LogP contribution in [0.4, 0.5) is 0 Å². The molecule has 0 aromatic carbocycles. The van der Waals surface area contributed by atoms with Gasteiger partial charge in [0.2, 0.25) is 11.9 Å². The molecule has 2 unspecified atom stereocenters. The van der Waals surface area contributed by atoms with Gasteiger partial charge in [0.05, 0.1) is 6.42 Å². The summed E-state index contributed by atoms with van der Waals surface area (Å²) in [6, 6.07) is 0. The first-order chi connectivity index (χ1) is 10.8. The van der Waals surface area contributed by atoms with Crippen molar-refractivity contribution in [3.05, 3.63) is 0 Å². The number of ether oxygens (including phenoxy) is 1. The molecule has 0 saturated carbocycles. The van der Waals surface area contributed by atoms with E-state index in [9.17, 15) is 9.59 Å². The Morgan fingerprint density at radius 1 is 1.39 bits per heavy atom. The summed E-state index contributed by atoms with van der Waals surface area (Å²) >= 11 is 0. The van der Waals surface area contributed by atoms with Gasteiger partial charge in [-0.25, -0.2) is 15.2 Å². The lowest BCUT2D eigenvalue weighted by molar-refractivity contribution is -0.247. The largest absolute Gasteiger partial charge is 0.367 e. The highest BCUT2D eigenvalue weighted by Gasteiger charge is 2.17. The standard InChI is InChI=1S/C11H23N7O5/c1-4-21-9(5-6-19)23-18(10(12)13)15-11(14)16-22-8(7-20)17(2)3/h6-9H,4-5H2,1-3H3,(H3,12,13)(H3,14,15,16). The Morgan fingerprint density at radius 3 is 2.48 bits per heavy atom. The van der Waals surface area contributed by atoms with Gasteiger partial charge in [-0.3, -0.25) is 15.1 Å². The molecular formula is C11H23N7O5. The Kier molecular flexibility index (Phi) is 10.2. The maximum Gasteiger partial charge on any atom is 0.238 e. The van der Waals surface area contributed by atoms with Crippen LogP contribution in [-0.4, -0.2) is 67.8 Å². The van der Waals surface area contributed by atoms with Gasteiger partial charge >= 0.3 is 0 Å². The van der Waals surface area contributed by atoms with Crippen molar-refractivity contribution in [2.45, 2.75) is 25.9 Å². The van der Waals surface area contributed by atoms with E-state index in [1.807, 2.05) is 0 Å². The molecule has 0 aromatic heterocycles. The first-order valence-corrected chi connectivity index (χ1v) is 6.59. The molecule has 0 spiro atoms. The molecule has 0 aliphatic heterocycles. The number of nitrogens with two attached hydrogens (primary N) is 2. The van der Waals surface area contributed by atoms with E-state index in [4.69, 9.17) is 31.3 Å². The summed E-state index contributed by atoms with van der Waals surface area (Å²) < 4.78 is 5.13. The van der Waals surface area contributed by atoms with E-state index in [1.165, 1.54) is 4.90 Å². The lowest BCUT2D eigenvalue weighted by Gasteiger charge is -2.23. The molecule has 12 nitrogen and oxygen atoms in total. The maximum absolute atomic E-state index is 10.8. The van der Waals surface area contributed by atoms with Gasteiger partial charge in [-0.1, -0.05) is 5.17 Å². The summed E-state index contributed by atoms with van der Waals surface area (Å²) in [5.41, 5.74) is 13.0. The molecule has 2 atom stereocenters. The number of guanidine groups is 2. The van der Waals surface area contributed by atoms with Crippen LogP contribution < -0.4 is 16.9 Å². The van der Waals surface area contributed by atoms with E-state index in [2.05, 4.69) is 10.6 Å². The third kappa shape index (κ3) is 8.67. The van der Waals surface area contributed by atoms with Crippen molar-refractivity contribution in [1.29, 1.82) is 5.41 Å². The lowest BCUT2D eigenvalue weighted by Crippen LogP contribution is -2.44. The van der Waals surface area contributed by atoms with Crippen LogP contribution in [0.1, 0.15) is 13.3 Å². The van der Waals surface area contributed by atoms with Crippen LogP contribution in [0.15, 0.2) is 5.10 Å². The predicted octanol–water partition coefficient (Wildman–Crippen LogP) is -2.10. The van der Waals surface area contributed by atoms with Crippen molar-refractivity contribution in [3.8, 4) is 0 Å². The molecule has 0 aliphatic carbocycles. The molecule has 12 heteroatoms. The first kappa shape index (κ1) is 20.7. The molecule has 0 aromatic rings. The molecule has 6 N–H and O–H groups in total. The quantitative estimate of drug-likeness (QED) is 0.108. The molecule has 0 fully saturated rings. The molecule has 0 bridgehead atoms. The monoisotopic (exact) mass is 333 g/mol. The fourth-order valence-electron chi connectivity index (χ4n) is 1.15. The SMILES string of the molecule is CCOC(CC=O)ON(N=C(N)NOC(C=O)N(C)C)C(=N)N. The molecular weight excluding hydrogens is 310 g/mol. The van der Waals surface area contributed by atoms with Crippen molar-refractivity contribution in [1.82, 2.24) is 15.6 Å². The zero-order valence-electron chi connectivity index (χ0n) is 13.3. The number of rotatable bonds is 11. The van der Waals surface area contributed by atoms with Gasteiger partial charge in [0.1, 0.15) is 6.29 Å². The van der Waals surface area contributed by atoms with Crippen LogP contribution >= 0.6 is 0 Å². The van der Waals surface area contributed by atoms with Crippen molar-refractivity contribution in [2.24, 2.45) is 16.6 Å². The normalized spacial score (nSPS) is 14.2. The first-order valence-electron chi connectivity index (χ1n) is 6.59. The van der Waals surface area contributed by atoms with Crippen LogP contribution in [0.5, 0.6) is 0 Å². The molecule has 0 aliphatic rings. The van der Waals surface area contributed by atoms with E-state index in [0.29, 0.717) is 17.7 Å². The number of hydroxylamine groups is 2. The highest BCUT2D eigenvalue weighted by Crippen LogP contribution is 2.03. The average molecular weight is 333 g/mol. The van der Waals surface area contributed by atoms with Gasteiger partial charge in [0.15, 0.2) is 18.8 Å². The smallest absolute Gasteiger partial charge is 0.238 e. The highest BCUT2D eigenvalue weighted by atomic mass is 16.8. The Labute approximate surface area is 133 Å². The van der Waals surface area contributed by atoms with Crippen LogP contribution in [0.3, 0.4) is 0 Å². The molecule has 0 saturated heterocycles. The number of nitrogens with zero attached hydrogens (tertiary/aromatic N) is 3. The Balaban J connectivity index is 4.78. The molecule has 0 rings (SSSR count). The minimum atomic E-state index is -0.983. The van der Waals surface area contributed by atoms with E-state index in [1.54, 1.807) is 21.0 Å². The maximum atomic E-state index is 10.8. The minimum absolute atomic E-state index is 0.0924. The Hall–Kier alpha value is -2.28. The van der Waals surface area contributed by atoms with Gasteiger partial charge in [-0.15, -0.1) is 5.10 Å². The third-order valence-corrected chi connectivity index (χ3v) is 2.17. The fraction of sp³-hybridized carbons (Fsp3) is 0.636. The number of carbonyl (C=O) groups is 2. The van der Waals surface area contributed by atoms with E-state index >= 15 is 0 Å². The second kappa shape index (κ2) is 11.3. The van der Waals surface area contributed by atoms with E-state index in [-0.39, 0.29) is 19.0 Å². The molecule has 0 heterocycles. The van der Waals surface area contributed by atoms with Crippen molar-refractivity contribution < 1.29 is 24.0 Å². The Morgan fingerprint density at radius 2 is 2.04 bits per heavy atom. The number of aldehydes is 2. The second-order valence-electron chi connectivity index (χ2n) is 4.25. The van der Waals surface area contributed by atoms with Crippen LogP contribution in [0, 0.1) is 5.41 Å². The van der Waals surface area contributed by atoms with Crippen molar-refractivity contribution >= 4 is 24.5 Å². The topological polar surface area (TPSA) is 169 Å². The van der Waals surface area contributed by atoms with Crippen LogP contribution in [0.25, 0.3) is 0 Å². The summed E-state index contributed by atoms with van der Waals surface area (Å²) in [5, 5.41) is 11.6. The second-order valence-corrected chi connectivity index (χ2v) is 4.25. The van der Waals surface area contributed by atoms with E-state index in [0.717, 1.165) is 0 Å². The lowest BCUT2D eigenvalue weighted by atomic mass is 10.5. The number of hydrogen-bond acceptors (Lipinski definition) is 8. The average Bonchev–Trinajstić information content (AvgIpc) is 2.47. The number of hydrogen-bond donors (Lipinski definition) is 4. The molecule has 23 heavy (non-hydrogen) atoms. The van der Waals surface area contributed by atoms with Crippen molar-refractivity contribution in [3.63, 3.8) is 0 Å². The fourth-order valence-corrected chi connectivity index (χ4v) is 1.15. The van der Waals surface area contributed by atoms with Crippen LogP contribution in [-0.2, 0) is 24.0 Å². The van der Waals surface area contributed by atoms with Gasteiger partial charge in [0.25, 0.3) is 0 Å². The summed E-state index contributed by atoms with van der Waals surface area (Å²) in [6.45, 7) is 1.97. The van der Waals surface area contributed by atoms with Gasteiger partial charge in [-0.05, 0) is 21.0 Å². The van der Waals surface area contributed by atoms with E-state index < -0.39 is 18.5 Å². The summed E-state index contributed by atoms with van der Waals surface area (Å²) in [5.74, 6) is -0.944. The predicted molar refractivity (Wildman–Crippen MR) is 80.3 cm³/mol. The third-order valence-electron chi connectivity index (χ3n) is 2.17. The summed E-state index contributed by atoms with van der Waals surface area (Å²) in [7, 11) is 3.23. The number of carbonyl (C=O) groups excluding carboxylic acids is 2. The van der Waals surface area contributed by atoms with Crippen molar-refractivity contribution in [2.75, 3.05) is 20.7 Å². The van der Waals surface area contributed by atoms with Gasteiger partial charge < -0.3 is 21.0 Å². The summed E-state index contributed by atoms with van der Waals surface area (Å²) in [6.07, 6.45) is -0.858. The molecule has 132 valence electrons. The Bertz CT molecular complexity index is 418.